The standard InChI is InChI=1S/C11H9NO2/c13-10-7-9(12-11(10)14)6-8-4-2-1-3-5-8/h1-5,7H,6H2,(H,12,13,14). The maximum Gasteiger partial charge on any atom is 0.295 e. The molecular formula is C11H9NO2. The van der Waals surface area contributed by atoms with E-state index < -0.39 is 11.7 Å². The van der Waals surface area contributed by atoms with E-state index in [2.05, 4.69) is 5.32 Å². The van der Waals surface area contributed by atoms with E-state index in [0.717, 1.165) is 5.56 Å². The first kappa shape index (κ1) is 8.69. The van der Waals surface area contributed by atoms with E-state index in [1.54, 1.807) is 0 Å². The van der Waals surface area contributed by atoms with Crippen LogP contribution >= 0.6 is 0 Å². The summed E-state index contributed by atoms with van der Waals surface area (Å²) in [5.74, 6) is -0.994. The lowest BCUT2D eigenvalue weighted by molar-refractivity contribution is -0.133. The Balaban J connectivity index is 2.11. The van der Waals surface area contributed by atoms with Gasteiger partial charge in [-0.1, -0.05) is 30.3 Å². The Morgan fingerprint density at radius 3 is 2.36 bits per heavy atom. The lowest BCUT2D eigenvalue weighted by atomic mass is 10.1. The van der Waals surface area contributed by atoms with Crippen molar-refractivity contribution in [2.45, 2.75) is 6.42 Å². The van der Waals surface area contributed by atoms with Gasteiger partial charge in [-0.2, -0.15) is 0 Å². The second-order valence-electron chi connectivity index (χ2n) is 3.15. The molecular weight excluding hydrogens is 178 g/mol. The van der Waals surface area contributed by atoms with Crippen molar-refractivity contribution in [3.63, 3.8) is 0 Å². The Morgan fingerprint density at radius 2 is 1.79 bits per heavy atom. The highest BCUT2D eigenvalue weighted by Crippen LogP contribution is 2.08. The summed E-state index contributed by atoms with van der Waals surface area (Å²) >= 11 is 0. The van der Waals surface area contributed by atoms with Crippen LogP contribution in [0.1, 0.15) is 5.56 Å². The number of amides is 1. The van der Waals surface area contributed by atoms with Gasteiger partial charge in [0.1, 0.15) is 0 Å². The van der Waals surface area contributed by atoms with Crippen molar-refractivity contribution in [2.75, 3.05) is 0 Å². The van der Waals surface area contributed by atoms with Gasteiger partial charge in [-0.25, -0.2) is 0 Å². The highest BCUT2D eigenvalue weighted by atomic mass is 16.2. The number of nitrogens with one attached hydrogen (secondary N) is 1. The SMILES string of the molecule is O=C1C=C(Cc2ccccc2)NC1=O. The largest absolute Gasteiger partial charge is 0.322 e. The minimum Gasteiger partial charge on any atom is -0.322 e. The van der Waals surface area contributed by atoms with Crippen LogP contribution in [0.15, 0.2) is 42.1 Å². The van der Waals surface area contributed by atoms with Gasteiger partial charge in [0.2, 0.25) is 5.78 Å². The van der Waals surface area contributed by atoms with Gasteiger partial charge in [0, 0.05) is 18.2 Å². The van der Waals surface area contributed by atoms with Crippen LogP contribution in [-0.2, 0) is 16.0 Å². The number of benzene rings is 1. The summed E-state index contributed by atoms with van der Waals surface area (Å²) in [6, 6.07) is 9.69. The number of hydrogen-bond donors (Lipinski definition) is 1. The molecule has 0 saturated carbocycles. The van der Waals surface area contributed by atoms with Crippen LogP contribution in [0, 0.1) is 0 Å². The second-order valence-corrected chi connectivity index (χ2v) is 3.15. The Morgan fingerprint density at radius 1 is 1.07 bits per heavy atom. The monoisotopic (exact) mass is 187 g/mol. The molecule has 1 heterocycles. The molecule has 0 spiro atoms. The molecule has 0 radical (unpaired) electrons. The van der Waals surface area contributed by atoms with Crippen molar-refractivity contribution in [3.8, 4) is 0 Å². The lowest BCUT2D eigenvalue weighted by Gasteiger charge is -2.01. The van der Waals surface area contributed by atoms with Gasteiger partial charge in [-0.3, -0.25) is 9.59 Å². The van der Waals surface area contributed by atoms with Crippen molar-refractivity contribution < 1.29 is 9.59 Å². The van der Waals surface area contributed by atoms with Crippen LogP contribution in [0.25, 0.3) is 0 Å². The minimum atomic E-state index is -0.532. The Bertz CT molecular complexity index is 407. The predicted octanol–water partition coefficient (Wildman–Crippen LogP) is 0.812. The van der Waals surface area contributed by atoms with Gasteiger partial charge in [0.05, 0.1) is 0 Å². The van der Waals surface area contributed by atoms with Crippen molar-refractivity contribution in [1.29, 1.82) is 0 Å². The number of ketones is 1. The first-order valence-corrected chi connectivity index (χ1v) is 4.35. The number of carbonyl (C=O) groups excluding carboxylic acids is 2. The molecule has 70 valence electrons. The number of hydrogen-bond acceptors (Lipinski definition) is 2. The lowest BCUT2D eigenvalue weighted by Crippen LogP contribution is -2.21. The zero-order chi connectivity index (χ0) is 9.97. The normalized spacial score (nSPS) is 15.3. The van der Waals surface area contributed by atoms with E-state index in [1.165, 1.54) is 6.08 Å². The Kier molecular flexibility index (Phi) is 2.14. The summed E-state index contributed by atoms with van der Waals surface area (Å²) in [4.78, 5) is 21.7. The molecule has 1 aromatic rings. The summed E-state index contributed by atoms with van der Waals surface area (Å²) in [5.41, 5.74) is 1.75. The molecule has 0 atom stereocenters. The average Bonchev–Trinajstić information content (AvgIpc) is 2.47. The average molecular weight is 187 g/mol. The molecule has 2 rings (SSSR count). The molecule has 3 nitrogen and oxygen atoms in total. The maximum absolute atomic E-state index is 10.9. The fourth-order valence-corrected chi connectivity index (χ4v) is 1.38. The first-order valence-electron chi connectivity index (χ1n) is 4.35. The fourth-order valence-electron chi connectivity index (χ4n) is 1.38. The quantitative estimate of drug-likeness (QED) is 0.696. The maximum atomic E-state index is 10.9. The summed E-state index contributed by atoms with van der Waals surface area (Å²) in [6.45, 7) is 0. The van der Waals surface area contributed by atoms with Crippen LogP contribution in [0.5, 0.6) is 0 Å². The molecule has 1 aliphatic rings. The highest BCUT2D eigenvalue weighted by Gasteiger charge is 2.20. The van der Waals surface area contributed by atoms with E-state index in [-0.39, 0.29) is 0 Å². The van der Waals surface area contributed by atoms with Crippen molar-refractivity contribution in [3.05, 3.63) is 47.7 Å². The first-order chi connectivity index (χ1) is 6.75. The summed E-state index contributed by atoms with van der Waals surface area (Å²) in [7, 11) is 0. The molecule has 14 heavy (non-hydrogen) atoms. The smallest absolute Gasteiger partial charge is 0.295 e. The van der Waals surface area contributed by atoms with E-state index in [4.69, 9.17) is 0 Å². The molecule has 0 aliphatic carbocycles. The van der Waals surface area contributed by atoms with Gasteiger partial charge in [-0.05, 0) is 5.56 Å². The number of allylic oxidation sites excluding steroid dienone is 1. The summed E-state index contributed by atoms with van der Waals surface area (Å²) in [5, 5.41) is 2.52. The van der Waals surface area contributed by atoms with Crippen LogP contribution in [0.2, 0.25) is 0 Å². The Labute approximate surface area is 81.4 Å². The number of rotatable bonds is 2. The van der Waals surface area contributed by atoms with Crippen LogP contribution in [0.3, 0.4) is 0 Å². The second kappa shape index (κ2) is 3.46. The van der Waals surface area contributed by atoms with Crippen molar-refractivity contribution >= 4 is 11.7 Å². The van der Waals surface area contributed by atoms with Gasteiger partial charge < -0.3 is 5.32 Å². The Hall–Kier alpha value is -1.90. The van der Waals surface area contributed by atoms with Crippen molar-refractivity contribution in [2.24, 2.45) is 0 Å². The third-order valence-electron chi connectivity index (χ3n) is 2.04. The molecule has 0 saturated heterocycles. The van der Waals surface area contributed by atoms with E-state index in [1.807, 2.05) is 30.3 Å². The molecule has 1 N–H and O–H groups in total. The molecule has 0 fully saturated rings. The van der Waals surface area contributed by atoms with E-state index >= 15 is 0 Å². The summed E-state index contributed by atoms with van der Waals surface area (Å²) in [6.07, 6.45) is 1.95. The summed E-state index contributed by atoms with van der Waals surface area (Å²) < 4.78 is 0. The number of carbonyl (C=O) groups is 2. The molecule has 0 aromatic heterocycles. The third kappa shape index (κ3) is 1.71. The molecule has 0 unspecified atom stereocenters. The minimum absolute atomic E-state index is 0.462. The van der Waals surface area contributed by atoms with E-state index in [0.29, 0.717) is 12.1 Å². The molecule has 1 amide bonds. The predicted molar refractivity (Wildman–Crippen MR) is 51.4 cm³/mol. The van der Waals surface area contributed by atoms with Crippen molar-refractivity contribution in [1.82, 2.24) is 5.32 Å². The molecule has 3 heteroatoms. The fraction of sp³-hybridized carbons (Fsp3) is 0.0909. The third-order valence-corrected chi connectivity index (χ3v) is 2.04. The molecule has 1 aromatic carbocycles. The zero-order valence-electron chi connectivity index (χ0n) is 7.49. The molecule has 0 bridgehead atoms. The van der Waals surface area contributed by atoms with Crippen LogP contribution in [0.4, 0.5) is 0 Å². The van der Waals surface area contributed by atoms with Gasteiger partial charge in [0.25, 0.3) is 5.91 Å². The topological polar surface area (TPSA) is 46.2 Å². The zero-order valence-corrected chi connectivity index (χ0v) is 7.49. The van der Waals surface area contributed by atoms with Crippen LogP contribution < -0.4 is 5.32 Å². The van der Waals surface area contributed by atoms with Crippen LogP contribution in [-0.4, -0.2) is 11.7 Å². The van der Waals surface area contributed by atoms with Gasteiger partial charge in [0.15, 0.2) is 0 Å². The molecule has 1 aliphatic heterocycles. The van der Waals surface area contributed by atoms with Gasteiger partial charge >= 0.3 is 0 Å². The van der Waals surface area contributed by atoms with E-state index in [9.17, 15) is 9.59 Å². The highest BCUT2D eigenvalue weighted by molar-refractivity contribution is 6.43. The van der Waals surface area contributed by atoms with Gasteiger partial charge in [-0.15, -0.1) is 0 Å².